The molecule has 0 saturated heterocycles. The van der Waals surface area contributed by atoms with E-state index in [2.05, 4.69) is 22.4 Å². The second-order valence-electron chi connectivity index (χ2n) is 7.62. The van der Waals surface area contributed by atoms with Crippen LogP contribution in [-0.2, 0) is 0 Å². The van der Waals surface area contributed by atoms with E-state index in [1.165, 1.54) is 43.2 Å². The van der Waals surface area contributed by atoms with Crippen LogP contribution < -0.4 is 5.32 Å². The van der Waals surface area contributed by atoms with Gasteiger partial charge in [-0.25, -0.2) is 0 Å². The van der Waals surface area contributed by atoms with Gasteiger partial charge in [-0.2, -0.15) is 0 Å². The van der Waals surface area contributed by atoms with Gasteiger partial charge < -0.3 is 5.32 Å². The van der Waals surface area contributed by atoms with Crippen molar-refractivity contribution in [3.8, 4) is 0 Å². The van der Waals surface area contributed by atoms with E-state index in [-0.39, 0.29) is 0 Å². The van der Waals surface area contributed by atoms with Gasteiger partial charge in [0.15, 0.2) is 0 Å². The highest BCUT2D eigenvalue weighted by molar-refractivity contribution is 6.31. The molecule has 1 heterocycles. The van der Waals surface area contributed by atoms with Crippen molar-refractivity contribution in [2.75, 3.05) is 5.32 Å². The number of aromatic nitrogens is 1. The molecule has 114 valence electrons. The molecular weight excluding hydrogens is 292 g/mol. The summed E-state index contributed by atoms with van der Waals surface area (Å²) in [6.07, 6.45) is 9.19. The molecule has 1 aromatic heterocycles. The monoisotopic (exact) mass is 312 g/mol. The molecule has 0 amide bonds. The maximum absolute atomic E-state index is 6.10. The Morgan fingerprint density at radius 2 is 1.68 bits per heavy atom. The van der Waals surface area contributed by atoms with Crippen molar-refractivity contribution in [3.63, 3.8) is 0 Å². The molecule has 1 N–H and O–H groups in total. The van der Waals surface area contributed by atoms with E-state index in [1.54, 1.807) is 0 Å². The molecule has 0 aliphatic heterocycles. The largest absolute Gasteiger partial charge is 0.381 e. The number of rotatable bonds is 2. The fourth-order valence-corrected chi connectivity index (χ4v) is 5.75. The molecule has 4 fully saturated rings. The SMILES string of the molecule is Clc1ccc2c(NC3C4CC5CC(C4)CC3C5)ccnc2c1. The van der Waals surface area contributed by atoms with Crippen molar-refractivity contribution in [2.45, 2.75) is 38.1 Å². The van der Waals surface area contributed by atoms with Crippen LogP contribution in [0.3, 0.4) is 0 Å². The topological polar surface area (TPSA) is 24.9 Å². The zero-order valence-electron chi connectivity index (χ0n) is 12.6. The van der Waals surface area contributed by atoms with Crippen molar-refractivity contribution in [1.29, 1.82) is 0 Å². The predicted molar refractivity (Wildman–Crippen MR) is 91.2 cm³/mol. The lowest BCUT2D eigenvalue weighted by atomic mass is 9.54. The lowest BCUT2D eigenvalue weighted by Crippen LogP contribution is -2.51. The van der Waals surface area contributed by atoms with Gasteiger partial charge in [0.25, 0.3) is 0 Å². The zero-order valence-corrected chi connectivity index (χ0v) is 13.4. The van der Waals surface area contributed by atoms with Crippen molar-refractivity contribution in [2.24, 2.45) is 23.7 Å². The molecule has 22 heavy (non-hydrogen) atoms. The highest BCUT2D eigenvalue weighted by atomic mass is 35.5. The van der Waals surface area contributed by atoms with Crippen LogP contribution in [0.15, 0.2) is 30.5 Å². The quantitative estimate of drug-likeness (QED) is 0.832. The third-order valence-corrected chi connectivity index (χ3v) is 6.49. The minimum Gasteiger partial charge on any atom is -0.381 e. The van der Waals surface area contributed by atoms with Gasteiger partial charge in [-0.15, -0.1) is 0 Å². The summed E-state index contributed by atoms with van der Waals surface area (Å²) in [5, 5.41) is 5.85. The van der Waals surface area contributed by atoms with Crippen molar-refractivity contribution < 1.29 is 0 Å². The number of fused-ring (bicyclic) bond motifs is 1. The van der Waals surface area contributed by atoms with Crippen LogP contribution in [0.2, 0.25) is 5.02 Å². The van der Waals surface area contributed by atoms with Gasteiger partial charge >= 0.3 is 0 Å². The first-order valence-electron chi connectivity index (χ1n) is 8.57. The minimum atomic E-state index is 0.661. The van der Waals surface area contributed by atoms with E-state index in [0.29, 0.717) is 6.04 Å². The summed E-state index contributed by atoms with van der Waals surface area (Å²) in [6, 6.07) is 8.81. The Morgan fingerprint density at radius 1 is 0.955 bits per heavy atom. The maximum Gasteiger partial charge on any atom is 0.0737 e. The number of hydrogen-bond acceptors (Lipinski definition) is 2. The smallest absolute Gasteiger partial charge is 0.0737 e. The third kappa shape index (κ3) is 2.04. The Labute approximate surface area is 136 Å². The fourth-order valence-electron chi connectivity index (χ4n) is 5.59. The summed E-state index contributed by atoms with van der Waals surface area (Å²) < 4.78 is 0. The number of benzene rings is 1. The number of nitrogens with zero attached hydrogens (tertiary/aromatic N) is 1. The third-order valence-electron chi connectivity index (χ3n) is 6.25. The molecule has 4 aliphatic rings. The van der Waals surface area contributed by atoms with Crippen LogP contribution in [0, 0.1) is 23.7 Å². The van der Waals surface area contributed by atoms with E-state index in [4.69, 9.17) is 11.6 Å². The molecule has 4 bridgehead atoms. The van der Waals surface area contributed by atoms with Crippen molar-refractivity contribution in [3.05, 3.63) is 35.5 Å². The maximum atomic E-state index is 6.10. The van der Waals surface area contributed by atoms with E-state index in [1.807, 2.05) is 18.3 Å². The molecule has 4 saturated carbocycles. The van der Waals surface area contributed by atoms with Crippen LogP contribution in [0.25, 0.3) is 10.9 Å². The van der Waals surface area contributed by atoms with Gasteiger partial charge in [-0.3, -0.25) is 4.98 Å². The molecule has 2 nitrogen and oxygen atoms in total. The highest BCUT2D eigenvalue weighted by Gasteiger charge is 2.48. The molecule has 0 atom stereocenters. The van der Waals surface area contributed by atoms with Crippen molar-refractivity contribution in [1.82, 2.24) is 4.98 Å². The van der Waals surface area contributed by atoms with Crippen LogP contribution in [-0.4, -0.2) is 11.0 Å². The van der Waals surface area contributed by atoms with Crippen LogP contribution in [0.4, 0.5) is 5.69 Å². The summed E-state index contributed by atoms with van der Waals surface area (Å²) in [5.41, 5.74) is 2.22. The molecule has 0 spiro atoms. The van der Waals surface area contributed by atoms with E-state index >= 15 is 0 Å². The molecule has 3 heteroatoms. The average molecular weight is 313 g/mol. The second-order valence-corrected chi connectivity index (χ2v) is 8.06. The Hall–Kier alpha value is -1.28. The Morgan fingerprint density at radius 3 is 2.41 bits per heavy atom. The van der Waals surface area contributed by atoms with Gasteiger partial charge in [-0.05, 0) is 80.0 Å². The molecular formula is C19H21ClN2. The normalized spacial score (nSPS) is 36.0. The second kappa shape index (κ2) is 4.86. The van der Waals surface area contributed by atoms with Gasteiger partial charge in [0.1, 0.15) is 0 Å². The van der Waals surface area contributed by atoms with Crippen LogP contribution >= 0.6 is 11.6 Å². The van der Waals surface area contributed by atoms with Crippen LogP contribution in [0.1, 0.15) is 32.1 Å². The number of pyridine rings is 1. The van der Waals surface area contributed by atoms with E-state index < -0.39 is 0 Å². The molecule has 2 aromatic rings. The fraction of sp³-hybridized carbons (Fsp3) is 0.526. The molecule has 6 rings (SSSR count). The number of anilines is 1. The first kappa shape index (κ1) is 13.2. The van der Waals surface area contributed by atoms with Crippen molar-refractivity contribution >= 4 is 28.2 Å². The Bertz CT molecular complexity index is 698. The Balaban J connectivity index is 1.49. The summed E-state index contributed by atoms with van der Waals surface area (Å²) in [6.45, 7) is 0. The van der Waals surface area contributed by atoms with Gasteiger partial charge in [0.2, 0.25) is 0 Å². The van der Waals surface area contributed by atoms with Gasteiger partial charge in [0.05, 0.1) is 5.52 Å². The lowest BCUT2D eigenvalue weighted by molar-refractivity contribution is 0.00758. The molecule has 4 aliphatic carbocycles. The van der Waals surface area contributed by atoms with Gasteiger partial charge in [0, 0.05) is 28.3 Å². The molecule has 0 radical (unpaired) electrons. The lowest BCUT2D eigenvalue weighted by Gasteiger charge is -2.54. The Kier molecular flexibility index (Phi) is 2.91. The standard InChI is InChI=1S/C19H21ClN2/c20-15-1-2-16-17(3-4-21-18(16)10-15)22-19-13-6-11-5-12(8-13)9-14(19)7-11/h1-4,10-14,19H,5-9H2,(H,21,22). The van der Waals surface area contributed by atoms with Crippen LogP contribution in [0.5, 0.6) is 0 Å². The number of nitrogens with one attached hydrogen (secondary N) is 1. The average Bonchev–Trinajstić information content (AvgIpc) is 2.50. The van der Waals surface area contributed by atoms with E-state index in [9.17, 15) is 0 Å². The summed E-state index contributed by atoms with van der Waals surface area (Å²) >= 11 is 6.10. The number of halogens is 1. The first-order valence-corrected chi connectivity index (χ1v) is 8.95. The molecule has 1 aromatic carbocycles. The summed E-state index contributed by atoms with van der Waals surface area (Å²) in [7, 11) is 0. The highest BCUT2D eigenvalue weighted by Crippen LogP contribution is 2.54. The molecule has 0 unspecified atom stereocenters. The van der Waals surface area contributed by atoms with E-state index in [0.717, 1.165) is 34.2 Å². The van der Waals surface area contributed by atoms with Gasteiger partial charge in [-0.1, -0.05) is 11.6 Å². The summed E-state index contributed by atoms with van der Waals surface area (Å²) in [5.74, 6) is 3.81. The predicted octanol–water partition coefficient (Wildman–Crippen LogP) is 5.12. The minimum absolute atomic E-state index is 0.661. The zero-order chi connectivity index (χ0) is 14.7. The summed E-state index contributed by atoms with van der Waals surface area (Å²) in [4.78, 5) is 4.46. The number of hydrogen-bond donors (Lipinski definition) is 1. The first-order chi connectivity index (χ1) is 10.8.